The molecule has 1 aromatic carbocycles. The summed E-state index contributed by atoms with van der Waals surface area (Å²) >= 11 is 0. The minimum Gasteiger partial charge on any atom is -0.355 e. The van der Waals surface area contributed by atoms with Crippen molar-refractivity contribution < 1.29 is 9.72 Å². The quantitative estimate of drug-likeness (QED) is 0.599. The number of carbonyl (C=O) groups is 1. The highest BCUT2D eigenvalue weighted by atomic mass is 16.6. The SMILES string of the molecule is CNC(=O)c1ccc([N+](=O)[O-])c(NN(C)C)c1. The predicted octanol–water partition coefficient (Wildman–Crippen LogP) is 0.843. The van der Waals surface area contributed by atoms with E-state index in [4.69, 9.17) is 0 Å². The van der Waals surface area contributed by atoms with Gasteiger partial charge < -0.3 is 10.7 Å². The van der Waals surface area contributed by atoms with Gasteiger partial charge in [-0.25, -0.2) is 5.01 Å². The van der Waals surface area contributed by atoms with Crippen LogP contribution in [-0.2, 0) is 0 Å². The summed E-state index contributed by atoms with van der Waals surface area (Å²) in [5, 5.41) is 14.8. The Kier molecular flexibility index (Phi) is 4.00. The third-order valence-corrected chi connectivity index (χ3v) is 2.03. The number of benzene rings is 1. The van der Waals surface area contributed by atoms with Crippen molar-refractivity contribution in [3.05, 3.63) is 33.9 Å². The van der Waals surface area contributed by atoms with Crippen molar-refractivity contribution in [2.24, 2.45) is 0 Å². The first-order valence-corrected chi connectivity index (χ1v) is 4.90. The summed E-state index contributed by atoms with van der Waals surface area (Å²) in [6.07, 6.45) is 0. The molecule has 0 atom stereocenters. The fraction of sp³-hybridized carbons (Fsp3) is 0.300. The van der Waals surface area contributed by atoms with Crippen molar-refractivity contribution in [3.63, 3.8) is 0 Å². The molecule has 0 saturated carbocycles. The number of nitro benzene ring substituents is 1. The van der Waals surface area contributed by atoms with E-state index in [1.807, 2.05) is 0 Å². The molecule has 0 aliphatic carbocycles. The standard InChI is InChI=1S/C10H14N4O3/c1-11-10(15)7-4-5-9(14(16)17)8(6-7)12-13(2)3/h4-6,12H,1-3H3,(H,11,15). The van der Waals surface area contributed by atoms with E-state index < -0.39 is 4.92 Å². The Balaban J connectivity index is 3.18. The molecule has 0 fully saturated rings. The zero-order chi connectivity index (χ0) is 13.0. The second-order valence-electron chi connectivity index (χ2n) is 3.57. The molecule has 0 saturated heterocycles. The van der Waals surface area contributed by atoms with Crippen LogP contribution in [0.4, 0.5) is 11.4 Å². The van der Waals surface area contributed by atoms with E-state index in [0.717, 1.165) is 0 Å². The molecule has 0 radical (unpaired) electrons. The third-order valence-electron chi connectivity index (χ3n) is 2.03. The van der Waals surface area contributed by atoms with Gasteiger partial charge in [0, 0.05) is 32.8 Å². The zero-order valence-electron chi connectivity index (χ0n) is 9.85. The average Bonchev–Trinajstić information content (AvgIpc) is 2.26. The number of hydrogen-bond donors (Lipinski definition) is 2. The molecular weight excluding hydrogens is 224 g/mol. The van der Waals surface area contributed by atoms with Crippen LogP contribution >= 0.6 is 0 Å². The highest BCUT2D eigenvalue weighted by Crippen LogP contribution is 2.25. The number of nitro groups is 1. The number of rotatable bonds is 4. The first-order valence-electron chi connectivity index (χ1n) is 4.90. The van der Waals surface area contributed by atoms with E-state index in [1.54, 1.807) is 19.1 Å². The summed E-state index contributed by atoms with van der Waals surface area (Å²) < 4.78 is 0. The van der Waals surface area contributed by atoms with E-state index >= 15 is 0 Å². The largest absolute Gasteiger partial charge is 0.355 e. The number of carbonyl (C=O) groups excluding carboxylic acids is 1. The van der Waals surface area contributed by atoms with E-state index in [0.29, 0.717) is 5.56 Å². The smallest absolute Gasteiger partial charge is 0.293 e. The van der Waals surface area contributed by atoms with Crippen molar-refractivity contribution >= 4 is 17.3 Å². The molecule has 17 heavy (non-hydrogen) atoms. The van der Waals surface area contributed by atoms with Gasteiger partial charge in [-0.2, -0.15) is 0 Å². The normalized spacial score (nSPS) is 10.1. The minimum atomic E-state index is -0.501. The van der Waals surface area contributed by atoms with Crippen molar-refractivity contribution in [2.45, 2.75) is 0 Å². The molecule has 7 nitrogen and oxygen atoms in total. The highest BCUT2D eigenvalue weighted by Gasteiger charge is 2.16. The van der Waals surface area contributed by atoms with Crippen molar-refractivity contribution in [1.29, 1.82) is 0 Å². The maximum Gasteiger partial charge on any atom is 0.293 e. The van der Waals surface area contributed by atoms with Gasteiger partial charge in [-0.1, -0.05) is 0 Å². The average molecular weight is 238 g/mol. The lowest BCUT2D eigenvalue weighted by Gasteiger charge is -2.14. The number of nitrogens with one attached hydrogen (secondary N) is 2. The van der Waals surface area contributed by atoms with E-state index in [2.05, 4.69) is 10.7 Å². The summed E-state index contributed by atoms with van der Waals surface area (Å²) in [5.74, 6) is -0.290. The van der Waals surface area contributed by atoms with Gasteiger partial charge in [0.25, 0.3) is 11.6 Å². The van der Waals surface area contributed by atoms with Gasteiger partial charge in [0.05, 0.1) is 4.92 Å². The number of hydrazine groups is 1. The topological polar surface area (TPSA) is 87.5 Å². The predicted molar refractivity (Wildman–Crippen MR) is 63.8 cm³/mol. The van der Waals surface area contributed by atoms with Crippen LogP contribution in [0.1, 0.15) is 10.4 Å². The van der Waals surface area contributed by atoms with Gasteiger partial charge in [-0.3, -0.25) is 14.9 Å². The summed E-state index contributed by atoms with van der Waals surface area (Å²) in [4.78, 5) is 21.7. The fourth-order valence-electron chi connectivity index (χ4n) is 1.31. The molecule has 0 heterocycles. The van der Waals surface area contributed by atoms with E-state index in [9.17, 15) is 14.9 Å². The minimum absolute atomic E-state index is 0.0775. The van der Waals surface area contributed by atoms with Gasteiger partial charge in [0.15, 0.2) is 0 Å². The lowest BCUT2D eigenvalue weighted by atomic mass is 10.1. The molecule has 0 aliphatic rings. The second-order valence-corrected chi connectivity index (χ2v) is 3.57. The molecule has 0 bridgehead atoms. The van der Waals surface area contributed by atoms with Crippen LogP contribution in [0.2, 0.25) is 0 Å². The Bertz CT molecular complexity index is 445. The Hall–Kier alpha value is -2.15. The van der Waals surface area contributed by atoms with Gasteiger partial charge in [0.2, 0.25) is 0 Å². The van der Waals surface area contributed by atoms with Crippen LogP contribution in [0.3, 0.4) is 0 Å². The lowest BCUT2D eigenvalue weighted by Crippen LogP contribution is -2.22. The molecule has 7 heteroatoms. The monoisotopic (exact) mass is 238 g/mol. The van der Waals surface area contributed by atoms with Crippen molar-refractivity contribution in [1.82, 2.24) is 10.3 Å². The number of nitrogens with zero attached hydrogens (tertiary/aromatic N) is 2. The van der Waals surface area contributed by atoms with Gasteiger partial charge in [0.1, 0.15) is 5.69 Å². The van der Waals surface area contributed by atoms with Crippen LogP contribution in [0.15, 0.2) is 18.2 Å². The first-order chi connectivity index (χ1) is 7.95. The van der Waals surface area contributed by atoms with Crippen LogP contribution in [0, 0.1) is 10.1 Å². The van der Waals surface area contributed by atoms with Crippen molar-refractivity contribution in [3.8, 4) is 0 Å². The second kappa shape index (κ2) is 5.26. The molecular formula is C10H14N4O3. The molecule has 0 unspecified atom stereocenters. The highest BCUT2D eigenvalue weighted by molar-refractivity contribution is 5.95. The van der Waals surface area contributed by atoms with Crippen LogP contribution in [0.5, 0.6) is 0 Å². The van der Waals surface area contributed by atoms with Crippen LogP contribution in [-0.4, -0.2) is 37.0 Å². The summed E-state index contributed by atoms with van der Waals surface area (Å²) in [7, 11) is 4.91. The molecule has 0 aromatic heterocycles. The number of hydrogen-bond acceptors (Lipinski definition) is 5. The van der Waals surface area contributed by atoms with Gasteiger partial charge in [-0.15, -0.1) is 0 Å². The fourth-order valence-corrected chi connectivity index (χ4v) is 1.31. The van der Waals surface area contributed by atoms with Crippen LogP contribution < -0.4 is 10.7 Å². The van der Waals surface area contributed by atoms with Crippen molar-refractivity contribution in [2.75, 3.05) is 26.6 Å². The summed E-state index contributed by atoms with van der Waals surface area (Å²) in [6, 6.07) is 4.16. The van der Waals surface area contributed by atoms with Crippen LogP contribution in [0.25, 0.3) is 0 Å². The first kappa shape index (κ1) is 12.9. The third kappa shape index (κ3) is 3.15. The maximum atomic E-state index is 11.4. The molecule has 1 rings (SSSR count). The van der Waals surface area contributed by atoms with E-state index in [1.165, 1.54) is 25.2 Å². The Labute approximate surface area is 98.5 Å². The Morgan fingerprint density at radius 1 is 1.41 bits per heavy atom. The summed E-state index contributed by atoms with van der Waals surface area (Å²) in [6.45, 7) is 0. The van der Waals surface area contributed by atoms with E-state index in [-0.39, 0.29) is 17.3 Å². The number of amides is 1. The maximum absolute atomic E-state index is 11.4. The Morgan fingerprint density at radius 2 is 2.06 bits per heavy atom. The lowest BCUT2D eigenvalue weighted by molar-refractivity contribution is -0.384. The summed E-state index contributed by atoms with van der Waals surface area (Å²) in [5.41, 5.74) is 3.35. The zero-order valence-corrected chi connectivity index (χ0v) is 9.85. The number of anilines is 1. The molecule has 0 spiro atoms. The molecule has 2 N–H and O–H groups in total. The molecule has 92 valence electrons. The molecule has 1 amide bonds. The Morgan fingerprint density at radius 3 is 2.53 bits per heavy atom. The van der Waals surface area contributed by atoms with Gasteiger partial charge >= 0.3 is 0 Å². The molecule has 1 aromatic rings. The van der Waals surface area contributed by atoms with Gasteiger partial charge in [-0.05, 0) is 12.1 Å². The molecule has 0 aliphatic heterocycles.